The van der Waals surface area contributed by atoms with Crippen LogP contribution in [0.4, 0.5) is 4.79 Å². The fraction of sp³-hybridized carbons (Fsp3) is 0.909. The van der Waals surface area contributed by atoms with Gasteiger partial charge in [0.25, 0.3) is 0 Å². The average Bonchev–Trinajstić information content (AvgIpc) is 2.10. The topological polar surface area (TPSA) is 41.6 Å². The molecule has 0 saturated carbocycles. The van der Waals surface area contributed by atoms with Crippen molar-refractivity contribution >= 4 is 6.09 Å². The van der Waals surface area contributed by atoms with Gasteiger partial charge in [0.1, 0.15) is 5.60 Å². The fourth-order valence-electron chi connectivity index (χ4n) is 1.06. The molecule has 0 aromatic rings. The van der Waals surface area contributed by atoms with E-state index in [0.717, 1.165) is 13.0 Å². The Labute approximate surface area is 93.0 Å². The molecule has 0 aromatic heterocycles. The molecule has 1 unspecified atom stereocenters. The zero-order valence-electron chi connectivity index (χ0n) is 10.8. The SMILES string of the molecule is CNCCC(C)N(C)C(=O)OC(C)(C)C. The average molecular weight is 216 g/mol. The lowest BCUT2D eigenvalue weighted by atomic mass is 10.2. The summed E-state index contributed by atoms with van der Waals surface area (Å²) in [7, 11) is 3.68. The molecule has 0 radical (unpaired) electrons. The maximum absolute atomic E-state index is 11.6. The van der Waals surface area contributed by atoms with Crippen LogP contribution in [0.5, 0.6) is 0 Å². The van der Waals surface area contributed by atoms with Crippen LogP contribution in [-0.2, 0) is 4.74 Å². The molecule has 4 nitrogen and oxygen atoms in total. The van der Waals surface area contributed by atoms with Gasteiger partial charge in [-0.25, -0.2) is 4.79 Å². The Morgan fingerprint density at radius 2 is 2.00 bits per heavy atom. The molecule has 4 heteroatoms. The van der Waals surface area contributed by atoms with Crippen LogP contribution in [-0.4, -0.2) is 43.3 Å². The van der Waals surface area contributed by atoms with Gasteiger partial charge in [-0.3, -0.25) is 0 Å². The Morgan fingerprint density at radius 3 is 2.40 bits per heavy atom. The lowest BCUT2D eigenvalue weighted by molar-refractivity contribution is 0.0230. The summed E-state index contributed by atoms with van der Waals surface area (Å²) in [4.78, 5) is 13.3. The van der Waals surface area contributed by atoms with Gasteiger partial charge >= 0.3 is 6.09 Å². The van der Waals surface area contributed by atoms with Gasteiger partial charge in [0.05, 0.1) is 0 Å². The standard InChI is InChI=1S/C11H24N2O2/c1-9(7-8-12-5)13(6)10(14)15-11(2,3)4/h9,12H,7-8H2,1-6H3. The van der Waals surface area contributed by atoms with E-state index in [1.807, 2.05) is 34.7 Å². The van der Waals surface area contributed by atoms with E-state index in [0.29, 0.717) is 0 Å². The maximum atomic E-state index is 11.6. The Bertz CT molecular complexity index is 199. The summed E-state index contributed by atoms with van der Waals surface area (Å²) >= 11 is 0. The Hall–Kier alpha value is -0.770. The number of hydrogen-bond donors (Lipinski definition) is 1. The van der Waals surface area contributed by atoms with Crippen LogP contribution in [0.25, 0.3) is 0 Å². The van der Waals surface area contributed by atoms with Crippen molar-refractivity contribution in [2.75, 3.05) is 20.6 Å². The summed E-state index contributed by atoms with van der Waals surface area (Å²) in [6, 6.07) is 0.187. The van der Waals surface area contributed by atoms with E-state index in [2.05, 4.69) is 5.32 Å². The van der Waals surface area contributed by atoms with Crippen molar-refractivity contribution in [3.63, 3.8) is 0 Å². The van der Waals surface area contributed by atoms with Gasteiger partial charge in [-0.2, -0.15) is 0 Å². The highest BCUT2D eigenvalue weighted by atomic mass is 16.6. The van der Waals surface area contributed by atoms with Gasteiger partial charge in [-0.15, -0.1) is 0 Å². The molecule has 15 heavy (non-hydrogen) atoms. The van der Waals surface area contributed by atoms with Crippen LogP contribution in [0.15, 0.2) is 0 Å². The number of carbonyl (C=O) groups is 1. The van der Waals surface area contributed by atoms with E-state index < -0.39 is 5.60 Å². The largest absolute Gasteiger partial charge is 0.444 e. The molecule has 0 heterocycles. The van der Waals surface area contributed by atoms with Gasteiger partial charge in [-0.05, 0) is 47.7 Å². The third-order valence-electron chi connectivity index (χ3n) is 2.15. The first-order valence-corrected chi connectivity index (χ1v) is 5.38. The number of carbonyl (C=O) groups excluding carboxylic acids is 1. The van der Waals surface area contributed by atoms with Crippen LogP contribution in [0, 0.1) is 0 Å². The Kier molecular flexibility index (Phi) is 5.65. The number of amides is 1. The van der Waals surface area contributed by atoms with Crippen molar-refractivity contribution in [2.45, 2.75) is 45.8 Å². The van der Waals surface area contributed by atoms with E-state index in [-0.39, 0.29) is 12.1 Å². The first-order valence-electron chi connectivity index (χ1n) is 5.38. The van der Waals surface area contributed by atoms with Crippen LogP contribution >= 0.6 is 0 Å². The molecule has 0 fully saturated rings. The number of nitrogens with zero attached hydrogens (tertiary/aromatic N) is 1. The van der Waals surface area contributed by atoms with Crippen LogP contribution in [0.3, 0.4) is 0 Å². The van der Waals surface area contributed by atoms with E-state index in [4.69, 9.17) is 4.74 Å². The Morgan fingerprint density at radius 1 is 1.47 bits per heavy atom. The first kappa shape index (κ1) is 14.2. The smallest absolute Gasteiger partial charge is 0.410 e. The van der Waals surface area contributed by atoms with Crippen LogP contribution in [0.1, 0.15) is 34.1 Å². The lowest BCUT2D eigenvalue weighted by Crippen LogP contribution is -2.40. The van der Waals surface area contributed by atoms with Gasteiger partial charge < -0.3 is 15.0 Å². The minimum atomic E-state index is -0.423. The predicted molar refractivity (Wildman–Crippen MR) is 62.0 cm³/mol. The molecule has 0 rings (SSSR count). The number of rotatable bonds is 4. The highest BCUT2D eigenvalue weighted by Gasteiger charge is 2.22. The van der Waals surface area contributed by atoms with Crippen LogP contribution in [0.2, 0.25) is 0 Å². The summed E-state index contributed by atoms with van der Waals surface area (Å²) < 4.78 is 5.27. The van der Waals surface area contributed by atoms with Crippen molar-refractivity contribution in [3.05, 3.63) is 0 Å². The van der Waals surface area contributed by atoms with Crippen molar-refractivity contribution < 1.29 is 9.53 Å². The van der Waals surface area contributed by atoms with Gasteiger partial charge in [-0.1, -0.05) is 0 Å². The highest BCUT2D eigenvalue weighted by Crippen LogP contribution is 2.11. The second-order valence-electron chi connectivity index (χ2n) is 4.83. The second-order valence-corrected chi connectivity index (χ2v) is 4.83. The third kappa shape index (κ3) is 6.33. The van der Waals surface area contributed by atoms with Gasteiger partial charge in [0, 0.05) is 13.1 Å². The van der Waals surface area contributed by atoms with Gasteiger partial charge in [0.15, 0.2) is 0 Å². The summed E-state index contributed by atoms with van der Waals surface area (Å²) in [6.45, 7) is 8.53. The molecule has 0 bridgehead atoms. The van der Waals surface area contributed by atoms with Crippen molar-refractivity contribution in [1.82, 2.24) is 10.2 Å². The molecular weight excluding hydrogens is 192 g/mol. The summed E-state index contributed by atoms with van der Waals surface area (Å²) in [5.74, 6) is 0. The molecule has 90 valence electrons. The zero-order valence-corrected chi connectivity index (χ0v) is 10.8. The van der Waals surface area contributed by atoms with E-state index in [9.17, 15) is 4.79 Å². The third-order valence-corrected chi connectivity index (χ3v) is 2.15. The minimum absolute atomic E-state index is 0.187. The molecule has 0 spiro atoms. The minimum Gasteiger partial charge on any atom is -0.444 e. The van der Waals surface area contributed by atoms with Gasteiger partial charge in [0.2, 0.25) is 0 Å². The highest BCUT2D eigenvalue weighted by molar-refractivity contribution is 5.68. The molecule has 0 saturated heterocycles. The summed E-state index contributed by atoms with van der Waals surface area (Å²) in [5, 5.41) is 3.06. The summed E-state index contributed by atoms with van der Waals surface area (Å²) in [6.07, 6.45) is 0.665. The molecule has 1 amide bonds. The number of ether oxygens (including phenoxy) is 1. The fourth-order valence-corrected chi connectivity index (χ4v) is 1.06. The van der Waals surface area contributed by atoms with E-state index >= 15 is 0 Å². The zero-order chi connectivity index (χ0) is 12.1. The number of nitrogens with one attached hydrogen (secondary N) is 1. The van der Waals surface area contributed by atoms with E-state index in [1.165, 1.54) is 0 Å². The molecule has 0 aromatic carbocycles. The molecular formula is C11H24N2O2. The van der Waals surface area contributed by atoms with Crippen molar-refractivity contribution in [3.8, 4) is 0 Å². The predicted octanol–water partition coefficient (Wildman–Crippen LogP) is 1.85. The maximum Gasteiger partial charge on any atom is 0.410 e. The monoisotopic (exact) mass is 216 g/mol. The molecule has 1 N–H and O–H groups in total. The van der Waals surface area contributed by atoms with Crippen molar-refractivity contribution in [2.24, 2.45) is 0 Å². The Balaban J connectivity index is 4.08. The van der Waals surface area contributed by atoms with E-state index in [1.54, 1.807) is 11.9 Å². The normalized spacial score (nSPS) is 13.5. The lowest BCUT2D eigenvalue weighted by Gasteiger charge is -2.28. The quantitative estimate of drug-likeness (QED) is 0.779. The van der Waals surface area contributed by atoms with Crippen molar-refractivity contribution in [1.29, 1.82) is 0 Å². The molecule has 0 aliphatic carbocycles. The number of hydrogen-bond acceptors (Lipinski definition) is 3. The molecule has 0 aliphatic rings. The first-order chi connectivity index (χ1) is 6.78. The second kappa shape index (κ2) is 5.95. The van der Waals surface area contributed by atoms with Crippen LogP contribution < -0.4 is 5.32 Å². The summed E-state index contributed by atoms with van der Waals surface area (Å²) in [5.41, 5.74) is -0.423. The molecule has 0 aliphatic heterocycles. The molecule has 1 atom stereocenters.